The fraction of sp³-hybridized carbons (Fsp3) is 0.611. The highest BCUT2D eigenvalue weighted by Crippen LogP contribution is 2.26. The van der Waals surface area contributed by atoms with Crippen LogP contribution < -0.4 is 5.32 Å². The third kappa shape index (κ3) is 3.46. The maximum absolute atomic E-state index is 5.89. The van der Waals surface area contributed by atoms with Gasteiger partial charge in [0.2, 0.25) is 0 Å². The summed E-state index contributed by atoms with van der Waals surface area (Å²) >= 11 is 0. The lowest BCUT2D eigenvalue weighted by molar-refractivity contribution is 0.371. The first-order chi connectivity index (χ1) is 10.0. The van der Waals surface area contributed by atoms with E-state index in [1.165, 1.54) is 24.8 Å². The first kappa shape index (κ1) is 14.6. The van der Waals surface area contributed by atoms with E-state index in [0.29, 0.717) is 6.04 Å². The van der Waals surface area contributed by atoms with Gasteiger partial charge in [0.15, 0.2) is 11.5 Å². The predicted molar refractivity (Wildman–Crippen MR) is 86.7 cm³/mol. The molecule has 114 valence electrons. The van der Waals surface area contributed by atoms with Crippen molar-refractivity contribution in [3.63, 3.8) is 0 Å². The van der Waals surface area contributed by atoms with Gasteiger partial charge in [0.05, 0.1) is 0 Å². The monoisotopic (exact) mass is 286 g/mol. The molecule has 1 N–H and O–H groups in total. The molecule has 2 heterocycles. The molecule has 1 aliphatic heterocycles. The number of oxazole rings is 1. The largest absolute Gasteiger partial charge is 0.441 e. The number of aromatic nitrogens is 1. The maximum Gasteiger partial charge on any atom is 0.195 e. The molecule has 3 heteroatoms. The maximum atomic E-state index is 5.89. The summed E-state index contributed by atoms with van der Waals surface area (Å²) < 4.78 is 5.89. The first-order valence-corrected chi connectivity index (χ1v) is 8.16. The van der Waals surface area contributed by atoms with Crippen LogP contribution in [0.4, 0.5) is 0 Å². The number of fused-ring (bicyclic) bond motifs is 1. The Morgan fingerprint density at radius 3 is 2.86 bits per heavy atom. The Kier molecular flexibility index (Phi) is 4.03. The summed E-state index contributed by atoms with van der Waals surface area (Å²) in [5, 5.41) is 3.58. The lowest BCUT2D eigenvalue weighted by atomic mass is 9.87. The van der Waals surface area contributed by atoms with Gasteiger partial charge in [-0.1, -0.05) is 33.3 Å². The van der Waals surface area contributed by atoms with E-state index in [1.54, 1.807) is 0 Å². The fourth-order valence-electron chi connectivity index (χ4n) is 3.02. The molecule has 1 fully saturated rings. The number of nitrogens with zero attached hydrogens (tertiary/aromatic N) is 1. The van der Waals surface area contributed by atoms with Crippen LogP contribution in [0, 0.1) is 0 Å². The summed E-state index contributed by atoms with van der Waals surface area (Å²) in [7, 11) is 0. The van der Waals surface area contributed by atoms with Gasteiger partial charge in [-0.25, -0.2) is 4.98 Å². The van der Waals surface area contributed by atoms with E-state index in [9.17, 15) is 0 Å². The van der Waals surface area contributed by atoms with E-state index in [-0.39, 0.29) is 5.41 Å². The zero-order valence-corrected chi connectivity index (χ0v) is 13.4. The van der Waals surface area contributed by atoms with Gasteiger partial charge in [-0.3, -0.25) is 0 Å². The molecular weight excluding hydrogens is 260 g/mol. The van der Waals surface area contributed by atoms with Crippen molar-refractivity contribution in [2.75, 3.05) is 6.54 Å². The smallest absolute Gasteiger partial charge is 0.195 e. The van der Waals surface area contributed by atoms with Crippen LogP contribution in [0.25, 0.3) is 11.1 Å². The average Bonchev–Trinajstić information content (AvgIpc) is 2.87. The van der Waals surface area contributed by atoms with Crippen LogP contribution in [-0.4, -0.2) is 17.6 Å². The molecule has 21 heavy (non-hydrogen) atoms. The highest BCUT2D eigenvalue weighted by Gasteiger charge is 2.17. The van der Waals surface area contributed by atoms with Crippen molar-refractivity contribution in [3.8, 4) is 0 Å². The number of aryl methyl sites for hydroxylation is 1. The molecule has 0 bridgehead atoms. The average molecular weight is 286 g/mol. The molecule has 2 aromatic rings. The number of piperidine rings is 1. The molecule has 1 saturated heterocycles. The second-order valence-electron chi connectivity index (χ2n) is 7.23. The molecule has 1 atom stereocenters. The van der Waals surface area contributed by atoms with E-state index >= 15 is 0 Å². The molecule has 0 saturated carbocycles. The standard InChI is InChI=1S/C18H26N2O/c1-18(2,3)13-7-9-16-15(12-13)20-17(21-16)10-8-14-6-4-5-11-19-14/h7,9,12,14,19H,4-6,8,10-11H2,1-3H3. The number of hydrogen-bond acceptors (Lipinski definition) is 3. The number of nitrogens with one attached hydrogen (secondary N) is 1. The summed E-state index contributed by atoms with van der Waals surface area (Å²) in [5.41, 5.74) is 3.37. The fourth-order valence-corrected chi connectivity index (χ4v) is 3.02. The third-order valence-corrected chi connectivity index (χ3v) is 4.42. The van der Waals surface area contributed by atoms with Gasteiger partial charge >= 0.3 is 0 Å². The Hall–Kier alpha value is -1.35. The van der Waals surface area contributed by atoms with Crippen molar-refractivity contribution >= 4 is 11.1 Å². The summed E-state index contributed by atoms with van der Waals surface area (Å²) in [6.07, 6.45) is 6.00. The normalized spacial score (nSPS) is 20.0. The molecule has 0 aliphatic carbocycles. The second kappa shape index (κ2) is 5.80. The molecule has 3 nitrogen and oxygen atoms in total. The zero-order valence-electron chi connectivity index (χ0n) is 13.4. The van der Waals surface area contributed by atoms with Crippen molar-refractivity contribution in [1.29, 1.82) is 0 Å². The zero-order chi connectivity index (χ0) is 14.9. The molecule has 0 spiro atoms. The Morgan fingerprint density at radius 1 is 1.29 bits per heavy atom. The van der Waals surface area contributed by atoms with Crippen LogP contribution in [0.3, 0.4) is 0 Å². The molecule has 1 aliphatic rings. The Balaban J connectivity index is 1.71. The highest BCUT2D eigenvalue weighted by molar-refractivity contribution is 5.73. The number of benzene rings is 1. The SMILES string of the molecule is CC(C)(C)c1ccc2oc(CCC3CCCCN3)nc2c1. The Labute approximate surface area is 127 Å². The van der Waals surface area contributed by atoms with Crippen molar-refractivity contribution < 1.29 is 4.42 Å². The minimum absolute atomic E-state index is 0.152. The predicted octanol–water partition coefficient (Wildman–Crippen LogP) is 4.20. The van der Waals surface area contributed by atoms with Gasteiger partial charge in [0, 0.05) is 12.5 Å². The van der Waals surface area contributed by atoms with Crippen LogP contribution in [0.5, 0.6) is 0 Å². The molecule has 1 aromatic carbocycles. The van der Waals surface area contributed by atoms with Crippen LogP contribution in [0.1, 0.15) is 57.9 Å². The molecule has 3 rings (SSSR count). The summed E-state index contributed by atoms with van der Waals surface area (Å²) in [4.78, 5) is 4.68. The van der Waals surface area contributed by atoms with Gasteiger partial charge in [-0.15, -0.1) is 0 Å². The van der Waals surface area contributed by atoms with Crippen molar-refractivity contribution in [2.24, 2.45) is 0 Å². The van der Waals surface area contributed by atoms with Crippen LogP contribution in [-0.2, 0) is 11.8 Å². The van der Waals surface area contributed by atoms with Crippen molar-refractivity contribution in [1.82, 2.24) is 10.3 Å². The van der Waals surface area contributed by atoms with E-state index in [4.69, 9.17) is 4.42 Å². The van der Waals surface area contributed by atoms with Gasteiger partial charge < -0.3 is 9.73 Å². The Morgan fingerprint density at radius 2 is 2.14 bits per heavy atom. The van der Waals surface area contributed by atoms with Gasteiger partial charge in [0.25, 0.3) is 0 Å². The van der Waals surface area contributed by atoms with E-state index in [0.717, 1.165) is 36.4 Å². The van der Waals surface area contributed by atoms with Crippen molar-refractivity contribution in [3.05, 3.63) is 29.7 Å². The van der Waals surface area contributed by atoms with Gasteiger partial charge in [-0.2, -0.15) is 0 Å². The lowest BCUT2D eigenvalue weighted by Crippen LogP contribution is -2.34. The highest BCUT2D eigenvalue weighted by atomic mass is 16.3. The minimum Gasteiger partial charge on any atom is -0.441 e. The van der Waals surface area contributed by atoms with E-state index in [2.05, 4.69) is 49.3 Å². The number of rotatable bonds is 3. The van der Waals surface area contributed by atoms with E-state index in [1.807, 2.05) is 0 Å². The molecular formula is C18H26N2O. The quantitative estimate of drug-likeness (QED) is 0.919. The van der Waals surface area contributed by atoms with Crippen LogP contribution in [0.15, 0.2) is 22.6 Å². The molecule has 0 radical (unpaired) electrons. The summed E-state index contributed by atoms with van der Waals surface area (Å²) in [5.74, 6) is 0.878. The van der Waals surface area contributed by atoms with E-state index < -0.39 is 0 Å². The lowest BCUT2D eigenvalue weighted by Gasteiger charge is -2.22. The Bertz CT molecular complexity index is 603. The molecule has 0 amide bonds. The van der Waals surface area contributed by atoms with Crippen LogP contribution >= 0.6 is 0 Å². The van der Waals surface area contributed by atoms with Gasteiger partial charge in [-0.05, 0) is 48.9 Å². The summed E-state index contributed by atoms with van der Waals surface area (Å²) in [6.45, 7) is 7.84. The van der Waals surface area contributed by atoms with Crippen LogP contribution in [0.2, 0.25) is 0 Å². The van der Waals surface area contributed by atoms with Crippen molar-refractivity contribution in [2.45, 2.75) is 64.3 Å². The summed E-state index contributed by atoms with van der Waals surface area (Å²) in [6, 6.07) is 7.02. The third-order valence-electron chi connectivity index (χ3n) is 4.42. The molecule has 1 unspecified atom stereocenters. The topological polar surface area (TPSA) is 38.1 Å². The first-order valence-electron chi connectivity index (χ1n) is 8.16. The number of hydrogen-bond donors (Lipinski definition) is 1. The minimum atomic E-state index is 0.152. The molecule has 1 aromatic heterocycles. The van der Waals surface area contributed by atoms with Gasteiger partial charge in [0.1, 0.15) is 5.52 Å². The second-order valence-corrected chi connectivity index (χ2v) is 7.23.